The average Bonchev–Trinajstić information content (AvgIpc) is 3.02. The van der Waals surface area contributed by atoms with Crippen molar-refractivity contribution in [3.8, 4) is 0 Å². The van der Waals surface area contributed by atoms with Gasteiger partial charge in [-0.05, 0) is 55.3 Å². The summed E-state index contributed by atoms with van der Waals surface area (Å²) in [5.41, 5.74) is 2.06. The first-order valence-electron chi connectivity index (χ1n) is 7.28. The van der Waals surface area contributed by atoms with E-state index in [1.165, 1.54) is 38.6 Å². The molecule has 0 fully saturated rings. The molecule has 0 aliphatic carbocycles. The van der Waals surface area contributed by atoms with Crippen molar-refractivity contribution in [1.29, 1.82) is 0 Å². The molecule has 1 aromatic carbocycles. The van der Waals surface area contributed by atoms with E-state index in [0.29, 0.717) is 11.4 Å². The van der Waals surface area contributed by atoms with Gasteiger partial charge >= 0.3 is 0 Å². The van der Waals surface area contributed by atoms with Crippen LogP contribution in [0.5, 0.6) is 0 Å². The van der Waals surface area contributed by atoms with Crippen molar-refractivity contribution >= 4 is 27.7 Å². The summed E-state index contributed by atoms with van der Waals surface area (Å²) >= 11 is 0. The minimum absolute atomic E-state index is 0.140. The quantitative estimate of drug-likeness (QED) is 0.843. The molecule has 7 heteroatoms. The van der Waals surface area contributed by atoms with Gasteiger partial charge in [0, 0.05) is 25.9 Å². The fraction of sp³-hybridized carbons (Fsp3) is 0.235. The molecule has 0 aliphatic heterocycles. The Morgan fingerprint density at radius 2 is 1.96 bits per heavy atom. The first-order chi connectivity index (χ1) is 11.2. The number of carbonyl (C=O) groups excluding carboxylic acids is 1. The van der Waals surface area contributed by atoms with Crippen LogP contribution in [0.2, 0.25) is 0 Å². The molecular formula is C17H20N2O4S. The molecule has 1 aromatic heterocycles. The summed E-state index contributed by atoms with van der Waals surface area (Å²) < 4.78 is 30.9. The summed E-state index contributed by atoms with van der Waals surface area (Å²) in [7, 11) is -0.639. The Kier molecular flexibility index (Phi) is 5.26. The molecule has 0 saturated heterocycles. The molecule has 2 aromatic rings. The van der Waals surface area contributed by atoms with Crippen LogP contribution in [0, 0.1) is 13.8 Å². The second kappa shape index (κ2) is 7.02. The SMILES string of the molecule is Cc1cc(S(=O)(=O)N(C)C)cc(NC(=O)/C=C/c2ccco2)c1C. The monoisotopic (exact) mass is 348 g/mol. The van der Waals surface area contributed by atoms with E-state index in [2.05, 4.69) is 5.32 Å². The molecule has 0 spiro atoms. The molecule has 1 N–H and O–H groups in total. The number of rotatable bonds is 5. The molecule has 0 saturated carbocycles. The van der Waals surface area contributed by atoms with E-state index in [4.69, 9.17) is 4.42 Å². The smallest absolute Gasteiger partial charge is 0.248 e. The highest BCUT2D eigenvalue weighted by atomic mass is 32.2. The maximum absolute atomic E-state index is 12.3. The second-order valence-electron chi connectivity index (χ2n) is 5.54. The minimum atomic E-state index is -3.57. The van der Waals surface area contributed by atoms with Crippen LogP contribution in [0.4, 0.5) is 5.69 Å². The Hall–Kier alpha value is -2.38. The van der Waals surface area contributed by atoms with E-state index in [0.717, 1.165) is 15.4 Å². The normalized spacial score (nSPS) is 12.0. The number of sulfonamides is 1. The Labute approximate surface area is 141 Å². The van der Waals surface area contributed by atoms with Crippen molar-refractivity contribution in [3.05, 3.63) is 53.5 Å². The van der Waals surface area contributed by atoms with Crippen LogP contribution < -0.4 is 5.32 Å². The maximum atomic E-state index is 12.3. The Morgan fingerprint density at radius 1 is 1.25 bits per heavy atom. The summed E-state index contributed by atoms with van der Waals surface area (Å²) in [6.45, 7) is 3.63. The Balaban J connectivity index is 2.30. The number of amides is 1. The molecule has 1 heterocycles. The van der Waals surface area contributed by atoms with Crippen molar-refractivity contribution in [2.75, 3.05) is 19.4 Å². The van der Waals surface area contributed by atoms with E-state index in [-0.39, 0.29) is 10.8 Å². The minimum Gasteiger partial charge on any atom is -0.465 e. The summed E-state index contributed by atoms with van der Waals surface area (Å²) in [5.74, 6) is 0.190. The molecule has 0 bridgehead atoms. The fourth-order valence-electron chi connectivity index (χ4n) is 2.03. The molecule has 128 valence electrons. The lowest BCUT2D eigenvalue weighted by Gasteiger charge is -2.16. The predicted molar refractivity (Wildman–Crippen MR) is 93.2 cm³/mol. The molecule has 2 rings (SSSR count). The second-order valence-corrected chi connectivity index (χ2v) is 7.69. The number of benzene rings is 1. The molecule has 0 atom stereocenters. The van der Waals surface area contributed by atoms with Gasteiger partial charge < -0.3 is 9.73 Å². The number of hydrogen-bond acceptors (Lipinski definition) is 4. The van der Waals surface area contributed by atoms with E-state index in [1.807, 2.05) is 6.92 Å². The highest BCUT2D eigenvalue weighted by Gasteiger charge is 2.19. The number of hydrogen-bond donors (Lipinski definition) is 1. The average molecular weight is 348 g/mol. The zero-order valence-electron chi connectivity index (χ0n) is 14.0. The van der Waals surface area contributed by atoms with Gasteiger partial charge in [0.2, 0.25) is 15.9 Å². The third-order valence-electron chi connectivity index (χ3n) is 3.62. The zero-order chi connectivity index (χ0) is 17.9. The number of nitrogens with one attached hydrogen (secondary N) is 1. The number of carbonyl (C=O) groups is 1. The third kappa shape index (κ3) is 3.93. The van der Waals surface area contributed by atoms with E-state index in [9.17, 15) is 13.2 Å². The highest BCUT2D eigenvalue weighted by molar-refractivity contribution is 7.89. The summed E-state index contributed by atoms with van der Waals surface area (Å²) in [6, 6.07) is 6.51. The zero-order valence-corrected chi connectivity index (χ0v) is 14.8. The van der Waals surface area contributed by atoms with Gasteiger partial charge in [-0.25, -0.2) is 12.7 Å². The predicted octanol–water partition coefficient (Wildman–Crippen LogP) is 2.80. The third-order valence-corrected chi connectivity index (χ3v) is 5.41. The van der Waals surface area contributed by atoms with Crippen molar-refractivity contribution < 1.29 is 17.6 Å². The van der Waals surface area contributed by atoms with E-state index >= 15 is 0 Å². The molecule has 0 unspecified atom stereocenters. The van der Waals surface area contributed by atoms with Gasteiger partial charge in [0.25, 0.3) is 0 Å². The Bertz CT molecular complexity index is 866. The van der Waals surface area contributed by atoms with E-state index < -0.39 is 10.0 Å². The van der Waals surface area contributed by atoms with Gasteiger partial charge in [0.15, 0.2) is 0 Å². The van der Waals surface area contributed by atoms with E-state index in [1.54, 1.807) is 25.1 Å². The fourth-order valence-corrected chi connectivity index (χ4v) is 3.05. The first-order valence-corrected chi connectivity index (χ1v) is 8.72. The van der Waals surface area contributed by atoms with Gasteiger partial charge in [0.1, 0.15) is 5.76 Å². The summed E-state index contributed by atoms with van der Waals surface area (Å²) in [6.07, 6.45) is 4.39. The van der Waals surface area contributed by atoms with Crippen molar-refractivity contribution in [3.63, 3.8) is 0 Å². The van der Waals surface area contributed by atoms with Gasteiger partial charge in [-0.1, -0.05) is 0 Å². The number of nitrogens with zero attached hydrogens (tertiary/aromatic N) is 1. The van der Waals surface area contributed by atoms with Crippen LogP contribution >= 0.6 is 0 Å². The molecule has 0 radical (unpaired) electrons. The van der Waals surface area contributed by atoms with Gasteiger partial charge in [-0.15, -0.1) is 0 Å². The number of aryl methyl sites for hydroxylation is 1. The Morgan fingerprint density at radius 3 is 2.54 bits per heavy atom. The number of furan rings is 1. The molecule has 24 heavy (non-hydrogen) atoms. The molecule has 1 amide bonds. The van der Waals surface area contributed by atoms with Gasteiger partial charge in [-0.3, -0.25) is 4.79 Å². The van der Waals surface area contributed by atoms with Crippen LogP contribution in [0.25, 0.3) is 6.08 Å². The van der Waals surface area contributed by atoms with Crippen molar-refractivity contribution in [1.82, 2.24) is 4.31 Å². The topological polar surface area (TPSA) is 79.6 Å². The lowest BCUT2D eigenvalue weighted by molar-refractivity contribution is -0.111. The molecule has 0 aliphatic rings. The summed E-state index contributed by atoms with van der Waals surface area (Å²) in [5, 5.41) is 2.71. The lowest BCUT2D eigenvalue weighted by Crippen LogP contribution is -2.22. The van der Waals surface area contributed by atoms with Gasteiger partial charge in [-0.2, -0.15) is 0 Å². The molecule has 6 nitrogen and oxygen atoms in total. The van der Waals surface area contributed by atoms with Crippen LogP contribution in [0.15, 0.2) is 45.9 Å². The number of anilines is 1. The largest absolute Gasteiger partial charge is 0.465 e. The maximum Gasteiger partial charge on any atom is 0.248 e. The van der Waals surface area contributed by atoms with Gasteiger partial charge in [0.05, 0.1) is 11.2 Å². The van der Waals surface area contributed by atoms with Crippen LogP contribution in [-0.4, -0.2) is 32.7 Å². The van der Waals surface area contributed by atoms with Crippen LogP contribution in [0.3, 0.4) is 0 Å². The first kappa shape index (κ1) is 18.0. The van der Waals surface area contributed by atoms with Crippen molar-refractivity contribution in [2.45, 2.75) is 18.7 Å². The standard InChI is InChI=1S/C17H20N2O4S/c1-12-10-15(24(21,22)19(3)4)11-16(13(12)2)18-17(20)8-7-14-6-5-9-23-14/h5-11H,1-4H3,(H,18,20)/b8-7+. The van der Waals surface area contributed by atoms with Crippen molar-refractivity contribution in [2.24, 2.45) is 0 Å². The van der Waals surface area contributed by atoms with Crippen LogP contribution in [0.1, 0.15) is 16.9 Å². The van der Waals surface area contributed by atoms with Crippen LogP contribution in [-0.2, 0) is 14.8 Å². The highest BCUT2D eigenvalue weighted by Crippen LogP contribution is 2.25. The molecular weight excluding hydrogens is 328 g/mol. The summed E-state index contributed by atoms with van der Waals surface area (Å²) in [4.78, 5) is 12.2. The lowest BCUT2D eigenvalue weighted by atomic mass is 10.1.